The Kier molecular flexibility index (Phi) is 3.23. The van der Waals surface area contributed by atoms with Crippen LogP contribution in [0.4, 0.5) is 5.82 Å². The summed E-state index contributed by atoms with van der Waals surface area (Å²) in [6, 6.07) is 1.68. The SMILES string of the molecule is C=Cc1cc(C(=O)OC)cnc1NC. The normalized spacial score (nSPS) is 9.29. The standard InChI is InChI=1S/C10H12N2O2/c1-4-7-5-8(10(13)14-3)6-12-9(7)11-2/h4-6H,1H2,2-3H3,(H,11,12). The molecular weight excluding hydrogens is 180 g/mol. The van der Waals surface area contributed by atoms with Gasteiger partial charge < -0.3 is 10.1 Å². The first-order valence-electron chi connectivity index (χ1n) is 4.11. The van der Waals surface area contributed by atoms with Gasteiger partial charge in [-0.15, -0.1) is 0 Å². The van der Waals surface area contributed by atoms with E-state index in [-0.39, 0.29) is 0 Å². The fourth-order valence-electron chi connectivity index (χ4n) is 1.08. The van der Waals surface area contributed by atoms with Gasteiger partial charge in [0.25, 0.3) is 0 Å². The van der Waals surface area contributed by atoms with E-state index in [9.17, 15) is 4.79 Å². The molecule has 1 N–H and O–H groups in total. The van der Waals surface area contributed by atoms with Gasteiger partial charge >= 0.3 is 5.97 Å². The maximum Gasteiger partial charge on any atom is 0.339 e. The number of carbonyl (C=O) groups is 1. The van der Waals surface area contributed by atoms with Gasteiger partial charge in [-0.1, -0.05) is 12.7 Å². The third-order valence-corrected chi connectivity index (χ3v) is 1.79. The molecule has 0 aromatic carbocycles. The molecule has 4 heteroatoms. The van der Waals surface area contributed by atoms with Crippen LogP contribution in [-0.4, -0.2) is 25.1 Å². The smallest absolute Gasteiger partial charge is 0.339 e. The van der Waals surface area contributed by atoms with E-state index in [0.717, 1.165) is 5.56 Å². The number of hydrogen-bond acceptors (Lipinski definition) is 4. The lowest BCUT2D eigenvalue weighted by Gasteiger charge is -2.05. The number of anilines is 1. The molecule has 0 fully saturated rings. The van der Waals surface area contributed by atoms with Crippen molar-refractivity contribution in [1.29, 1.82) is 0 Å². The van der Waals surface area contributed by atoms with Gasteiger partial charge in [-0.05, 0) is 6.07 Å². The van der Waals surface area contributed by atoms with Gasteiger partial charge in [0.15, 0.2) is 0 Å². The number of hydrogen-bond donors (Lipinski definition) is 1. The van der Waals surface area contributed by atoms with Gasteiger partial charge in [0.2, 0.25) is 0 Å². The zero-order valence-electron chi connectivity index (χ0n) is 8.20. The first-order valence-corrected chi connectivity index (χ1v) is 4.11. The van der Waals surface area contributed by atoms with E-state index in [4.69, 9.17) is 0 Å². The summed E-state index contributed by atoms with van der Waals surface area (Å²) in [5, 5.41) is 2.90. The molecule has 0 aliphatic carbocycles. The number of aromatic nitrogens is 1. The second-order valence-electron chi connectivity index (χ2n) is 2.61. The highest BCUT2D eigenvalue weighted by Gasteiger charge is 2.08. The van der Waals surface area contributed by atoms with Crippen LogP contribution in [0.2, 0.25) is 0 Å². The molecule has 14 heavy (non-hydrogen) atoms. The summed E-state index contributed by atoms with van der Waals surface area (Å²) in [6.45, 7) is 3.63. The molecule has 1 aromatic heterocycles. The van der Waals surface area contributed by atoms with Crippen molar-refractivity contribution in [1.82, 2.24) is 4.98 Å². The maximum absolute atomic E-state index is 11.2. The van der Waals surface area contributed by atoms with Crippen LogP contribution in [0.5, 0.6) is 0 Å². The number of ether oxygens (including phenoxy) is 1. The summed E-state index contributed by atoms with van der Waals surface area (Å²) in [4.78, 5) is 15.2. The summed E-state index contributed by atoms with van der Waals surface area (Å²) in [5.41, 5.74) is 1.19. The number of nitrogens with zero attached hydrogens (tertiary/aromatic N) is 1. The van der Waals surface area contributed by atoms with Crippen molar-refractivity contribution in [2.45, 2.75) is 0 Å². The Balaban J connectivity index is 3.13. The number of pyridine rings is 1. The second kappa shape index (κ2) is 4.41. The maximum atomic E-state index is 11.2. The summed E-state index contributed by atoms with van der Waals surface area (Å²) >= 11 is 0. The molecule has 0 unspecified atom stereocenters. The minimum atomic E-state index is -0.400. The fraction of sp³-hybridized carbons (Fsp3) is 0.200. The summed E-state index contributed by atoms with van der Waals surface area (Å²) in [5.74, 6) is 0.288. The van der Waals surface area contributed by atoms with Crippen LogP contribution in [0.1, 0.15) is 15.9 Å². The molecule has 0 aliphatic rings. The van der Waals surface area contributed by atoms with Crippen LogP contribution in [0.25, 0.3) is 6.08 Å². The highest BCUT2D eigenvalue weighted by atomic mass is 16.5. The fourth-order valence-corrected chi connectivity index (χ4v) is 1.08. The predicted molar refractivity (Wildman–Crippen MR) is 55.2 cm³/mol. The first kappa shape index (κ1) is 10.2. The van der Waals surface area contributed by atoms with Gasteiger partial charge in [-0.2, -0.15) is 0 Å². The molecule has 0 bridgehead atoms. The number of methoxy groups -OCH3 is 1. The molecule has 0 amide bonds. The van der Waals surface area contributed by atoms with Gasteiger partial charge in [-0.3, -0.25) is 0 Å². The van der Waals surface area contributed by atoms with Crippen molar-refractivity contribution in [2.24, 2.45) is 0 Å². The molecule has 0 spiro atoms. The average molecular weight is 192 g/mol. The van der Waals surface area contributed by atoms with Crippen molar-refractivity contribution in [3.63, 3.8) is 0 Å². The van der Waals surface area contributed by atoms with Gasteiger partial charge in [-0.25, -0.2) is 9.78 Å². The van der Waals surface area contributed by atoms with Crippen molar-refractivity contribution < 1.29 is 9.53 Å². The molecule has 0 atom stereocenters. The van der Waals surface area contributed by atoms with Crippen LogP contribution in [0, 0.1) is 0 Å². The summed E-state index contributed by atoms with van der Waals surface area (Å²) < 4.78 is 4.58. The topological polar surface area (TPSA) is 51.2 Å². The number of rotatable bonds is 3. The number of nitrogens with one attached hydrogen (secondary N) is 1. The quantitative estimate of drug-likeness (QED) is 0.738. The minimum Gasteiger partial charge on any atom is -0.465 e. The first-order chi connectivity index (χ1) is 6.72. The Hall–Kier alpha value is -1.84. The molecule has 0 radical (unpaired) electrons. The summed E-state index contributed by atoms with van der Waals surface area (Å²) in [6.07, 6.45) is 3.09. The molecule has 4 nitrogen and oxygen atoms in total. The lowest BCUT2D eigenvalue weighted by Crippen LogP contribution is -2.04. The van der Waals surface area contributed by atoms with Crippen LogP contribution in [0.15, 0.2) is 18.8 Å². The van der Waals surface area contributed by atoms with Crippen LogP contribution >= 0.6 is 0 Å². The Morgan fingerprint density at radius 1 is 1.71 bits per heavy atom. The van der Waals surface area contributed by atoms with Crippen molar-refractivity contribution in [2.75, 3.05) is 19.5 Å². The summed E-state index contributed by atoms with van der Waals surface area (Å²) in [7, 11) is 3.09. The van der Waals surface area contributed by atoms with Gasteiger partial charge in [0, 0.05) is 18.8 Å². The number of esters is 1. The van der Waals surface area contributed by atoms with E-state index in [2.05, 4.69) is 21.6 Å². The van der Waals surface area contributed by atoms with Crippen LogP contribution in [-0.2, 0) is 4.74 Å². The predicted octanol–water partition coefficient (Wildman–Crippen LogP) is 1.55. The highest BCUT2D eigenvalue weighted by molar-refractivity contribution is 5.90. The van der Waals surface area contributed by atoms with Gasteiger partial charge in [0.05, 0.1) is 12.7 Å². The number of carbonyl (C=O) groups excluding carboxylic acids is 1. The van der Waals surface area contributed by atoms with Crippen LogP contribution < -0.4 is 5.32 Å². The van der Waals surface area contributed by atoms with Crippen molar-refractivity contribution in [3.05, 3.63) is 30.0 Å². The third-order valence-electron chi connectivity index (χ3n) is 1.79. The zero-order chi connectivity index (χ0) is 10.6. The average Bonchev–Trinajstić information content (AvgIpc) is 2.26. The van der Waals surface area contributed by atoms with Crippen LogP contribution in [0.3, 0.4) is 0 Å². The monoisotopic (exact) mass is 192 g/mol. The van der Waals surface area contributed by atoms with E-state index in [1.165, 1.54) is 13.3 Å². The lowest BCUT2D eigenvalue weighted by atomic mass is 10.2. The van der Waals surface area contributed by atoms with E-state index in [1.54, 1.807) is 19.2 Å². The van der Waals surface area contributed by atoms with Crippen molar-refractivity contribution in [3.8, 4) is 0 Å². The molecule has 1 heterocycles. The van der Waals surface area contributed by atoms with E-state index in [1.807, 2.05) is 0 Å². The molecule has 0 saturated carbocycles. The van der Waals surface area contributed by atoms with E-state index >= 15 is 0 Å². The zero-order valence-corrected chi connectivity index (χ0v) is 8.20. The molecule has 1 aromatic rings. The minimum absolute atomic E-state index is 0.400. The molecule has 0 saturated heterocycles. The Labute approximate surface area is 82.6 Å². The molecule has 1 rings (SSSR count). The Bertz CT molecular complexity index is 361. The Morgan fingerprint density at radius 3 is 2.93 bits per heavy atom. The Morgan fingerprint density at radius 2 is 2.43 bits per heavy atom. The molecule has 74 valence electrons. The third kappa shape index (κ3) is 1.90. The lowest BCUT2D eigenvalue weighted by molar-refractivity contribution is 0.0600. The molecular formula is C10H12N2O2. The van der Waals surface area contributed by atoms with E-state index in [0.29, 0.717) is 11.4 Å². The van der Waals surface area contributed by atoms with Gasteiger partial charge in [0.1, 0.15) is 5.82 Å². The largest absolute Gasteiger partial charge is 0.465 e. The van der Waals surface area contributed by atoms with Crippen molar-refractivity contribution >= 4 is 17.9 Å². The highest BCUT2D eigenvalue weighted by Crippen LogP contribution is 2.15. The van der Waals surface area contributed by atoms with E-state index < -0.39 is 5.97 Å². The second-order valence-corrected chi connectivity index (χ2v) is 2.61. The molecule has 0 aliphatic heterocycles.